The fraction of sp³-hybridized carbons (Fsp3) is 0.333. The van der Waals surface area contributed by atoms with E-state index in [0.29, 0.717) is 25.1 Å². The molecule has 1 aromatic heterocycles. The van der Waals surface area contributed by atoms with E-state index >= 15 is 0 Å². The Hall–Kier alpha value is -2.30. The molecule has 2 aromatic rings. The molecule has 1 amide bonds. The van der Waals surface area contributed by atoms with Crippen molar-refractivity contribution in [1.82, 2.24) is 9.88 Å². The number of aromatic amines is 1. The van der Waals surface area contributed by atoms with Gasteiger partial charge in [0, 0.05) is 24.7 Å². The van der Waals surface area contributed by atoms with Gasteiger partial charge in [-0.25, -0.2) is 0 Å². The predicted molar refractivity (Wildman–Crippen MR) is 74.3 cm³/mol. The molecule has 0 spiro atoms. The van der Waals surface area contributed by atoms with Crippen molar-refractivity contribution in [3.63, 3.8) is 0 Å². The number of nitrogens with zero attached hydrogens (tertiary/aromatic N) is 1. The molecule has 1 N–H and O–H groups in total. The number of hydrogen-bond donors (Lipinski definition) is 1. The van der Waals surface area contributed by atoms with Gasteiger partial charge in [-0.05, 0) is 18.6 Å². The molecular weight excluding hydrogens is 256 g/mol. The standard InChI is InChI=1S/C15H16N2O3/c1-20-15(19)11-6-8-17(9-11)14(18)12-4-2-3-10-5-7-16-13(10)12/h2-5,7,11,16H,6,8-9H2,1H3. The molecule has 1 saturated heterocycles. The lowest BCUT2D eigenvalue weighted by molar-refractivity contribution is -0.144. The lowest BCUT2D eigenvalue weighted by atomic mass is 10.1. The van der Waals surface area contributed by atoms with Crippen LogP contribution in [-0.2, 0) is 9.53 Å². The number of fused-ring (bicyclic) bond motifs is 1. The van der Waals surface area contributed by atoms with Gasteiger partial charge in [-0.15, -0.1) is 0 Å². The van der Waals surface area contributed by atoms with Crippen LogP contribution in [0.1, 0.15) is 16.8 Å². The van der Waals surface area contributed by atoms with Crippen LogP contribution in [0.5, 0.6) is 0 Å². The van der Waals surface area contributed by atoms with E-state index < -0.39 is 0 Å². The van der Waals surface area contributed by atoms with Crippen LogP contribution in [0, 0.1) is 5.92 Å². The molecule has 1 aromatic carbocycles. The minimum atomic E-state index is -0.238. The van der Waals surface area contributed by atoms with E-state index in [9.17, 15) is 9.59 Å². The zero-order chi connectivity index (χ0) is 14.1. The molecule has 1 aliphatic heterocycles. The Morgan fingerprint density at radius 2 is 2.20 bits per heavy atom. The fourth-order valence-corrected chi connectivity index (χ4v) is 2.74. The number of ether oxygens (including phenoxy) is 1. The average Bonchev–Trinajstić information content (AvgIpc) is 3.13. The van der Waals surface area contributed by atoms with Crippen molar-refractivity contribution < 1.29 is 14.3 Å². The number of esters is 1. The highest BCUT2D eigenvalue weighted by molar-refractivity contribution is 6.05. The van der Waals surface area contributed by atoms with Crippen molar-refractivity contribution >= 4 is 22.8 Å². The van der Waals surface area contributed by atoms with Crippen LogP contribution < -0.4 is 0 Å². The SMILES string of the molecule is COC(=O)C1CCN(C(=O)c2cccc3cc[nH]c23)C1. The average molecular weight is 272 g/mol. The summed E-state index contributed by atoms with van der Waals surface area (Å²) in [7, 11) is 1.38. The second-order valence-electron chi connectivity index (χ2n) is 5.01. The highest BCUT2D eigenvalue weighted by Crippen LogP contribution is 2.23. The van der Waals surface area contributed by atoms with Crippen LogP contribution in [0.3, 0.4) is 0 Å². The number of aromatic nitrogens is 1. The zero-order valence-electron chi connectivity index (χ0n) is 11.3. The molecule has 0 saturated carbocycles. The maximum Gasteiger partial charge on any atom is 0.310 e. The van der Waals surface area contributed by atoms with Crippen molar-refractivity contribution in [2.75, 3.05) is 20.2 Å². The van der Waals surface area contributed by atoms with Gasteiger partial charge in [0.1, 0.15) is 0 Å². The largest absolute Gasteiger partial charge is 0.469 e. The third-order valence-corrected chi connectivity index (χ3v) is 3.83. The Bertz CT molecular complexity index is 662. The molecular formula is C15H16N2O3. The second kappa shape index (κ2) is 5.00. The summed E-state index contributed by atoms with van der Waals surface area (Å²) < 4.78 is 4.74. The van der Waals surface area contributed by atoms with Crippen LogP contribution in [0.25, 0.3) is 10.9 Å². The first-order valence-electron chi connectivity index (χ1n) is 6.64. The van der Waals surface area contributed by atoms with Crippen molar-refractivity contribution in [2.24, 2.45) is 5.92 Å². The fourth-order valence-electron chi connectivity index (χ4n) is 2.74. The van der Waals surface area contributed by atoms with E-state index in [-0.39, 0.29) is 17.8 Å². The Kier molecular flexibility index (Phi) is 3.18. The molecule has 5 heteroatoms. The molecule has 1 unspecified atom stereocenters. The normalized spacial score (nSPS) is 18.4. The van der Waals surface area contributed by atoms with Gasteiger partial charge in [-0.3, -0.25) is 9.59 Å². The third kappa shape index (κ3) is 2.05. The molecule has 0 radical (unpaired) electrons. The first kappa shape index (κ1) is 12.7. The maximum absolute atomic E-state index is 12.6. The summed E-state index contributed by atoms with van der Waals surface area (Å²) in [6.45, 7) is 1.03. The smallest absolute Gasteiger partial charge is 0.310 e. The van der Waals surface area contributed by atoms with E-state index in [2.05, 4.69) is 4.98 Å². The van der Waals surface area contributed by atoms with Crippen LogP contribution in [0.4, 0.5) is 0 Å². The Morgan fingerprint density at radius 3 is 3.00 bits per heavy atom. The third-order valence-electron chi connectivity index (χ3n) is 3.83. The van der Waals surface area contributed by atoms with E-state index in [1.807, 2.05) is 30.5 Å². The Balaban J connectivity index is 1.83. The highest BCUT2D eigenvalue weighted by atomic mass is 16.5. The van der Waals surface area contributed by atoms with Crippen LogP contribution in [-0.4, -0.2) is 42.0 Å². The number of H-pyrrole nitrogens is 1. The minimum absolute atomic E-state index is 0.0375. The van der Waals surface area contributed by atoms with Crippen molar-refractivity contribution in [3.05, 3.63) is 36.0 Å². The molecule has 1 aliphatic rings. The van der Waals surface area contributed by atoms with E-state index in [0.717, 1.165) is 10.9 Å². The summed E-state index contributed by atoms with van der Waals surface area (Å²) in [6, 6.07) is 7.58. The van der Waals surface area contributed by atoms with E-state index in [4.69, 9.17) is 4.74 Å². The Morgan fingerprint density at radius 1 is 1.35 bits per heavy atom. The van der Waals surface area contributed by atoms with Crippen molar-refractivity contribution in [2.45, 2.75) is 6.42 Å². The topological polar surface area (TPSA) is 62.4 Å². The summed E-state index contributed by atoms with van der Waals surface area (Å²) in [6.07, 6.45) is 2.49. The molecule has 104 valence electrons. The first-order chi connectivity index (χ1) is 9.70. The molecule has 1 fully saturated rings. The van der Waals surface area contributed by atoms with Gasteiger partial charge in [-0.2, -0.15) is 0 Å². The summed E-state index contributed by atoms with van der Waals surface area (Å²) in [5.41, 5.74) is 1.50. The van der Waals surface area contributed by atoms with Crippen LogP contribution in [0.2, 0.25) is 0 Å². The number of likely N-dealkylation sites (tertiary alicyclic amines) is 1. The molecule has 5 nitrogen and oxygen atoms in total. The Labute approximate surface area is 116 Å². The van der Waals surface area contributed by atoms with Crippen molar-refractivity contribution in [1.29, 1.82) is 0 Å². The number of hydrogen-bond acceptors (Lipinski definition) is 3. The molecule has 1 atom stereocenters. The van der Waals surface area contributed by atoms with Gasteiger partial charge in [-0.1, -0.05) is 12.1 Å². The number of carbonyl (C=O) groups is 2. The van der Waals surface area contributed by atoms with Gasteiger partial charge >= 0.3 is 5.97 Å². The molecule has 3 rings (SSSR count). The number of benzene rings is 1. The molecule has 0 bridgehead atoms. The second-order valence-corrected chi connectivity index (χ2v) is 5.01. The quantitative estimate of drug-likeness (QED) is 0.848. The number of nitrogens with one attached hydrogen (secondary N) is 1. The van der Waals surface area contributed by atoms with E-state index in [1.165, 1.54) is 7.11 Å². The summed E-state index contributed by atoms with van der Waals surface area (Å²) >= 11 is 0. The van der Waals surface area contributed by atoms with Gasteiger partial charge < -0.3 is 14.6 Å². The van der Waals surface area contributed by atoms with Gasteiger partial charge in [0.2, 0.25) is 0 Å². The minimum Gasteiger partial charge on any atom is -0.469 e. The zero-order valence-corrected chi connectivity index (χ0v) is 11.3. The molecule has 0 aliphatic carbocycles. The van der Waals surface area contributed by atoms with Gasteiger partial charge in [0.05, 0.1) is 24.1 Å². The van der Waals surface area contributed by atoms with Gasteiger partial charge in [0.25, 0.3) is 5.91 Å². The first-order valence-corrected chi connectivity index (χ1v) is 6.64. The highest BCUT2D eigenvalue weighted by Gasteiger charge is 2.32. The molecule has 20 heavy (non-hydrogen) atoms. The maximum atomic E-state index is 12.6. The number of para-hydroxylation sites is 1. The number of methoxy groups -OCH3 is 1. The summed E-state index contributed by atoms with van der Waals surface area (Å²) in [4.78, 5) is 28.9. The lowest BCUT2D eigenvalue weighted by Crippen LogP contribution is -2.30. The summed E-state index contributed by atoms with van der Waals surface area (Å²) in [5.74, 6) is -0.477. The summed E-state index contributed by atoms with van der Waals surface area (Å²) in [5, 5.41) is 1.01. The number of rotatable bonds is 2. The number of amides is 1. The predicted octanol–water partition coefficient (Wildman–Crippen LogP) is 1.80. The van der Waals surface area contributed by atoms with Gasteiger partial charge in [0.15, 0.2) is 0 Å². The lowest BCUT2D eigenvalue weighted by Gasteiger charge is -2.16. The van der Waals surface area contributed by atoms with Crippen LogP contribution >= 0.6 is 0 Å². The van der Waals surface area contributed by atoms with E-state index in [1.54, 1.807) is 4.90 Å². The number of carbonyl (C=O) groups excluding carboxylic acids is 2. The molecule has 2 heterocycles. The van der Waals surface area contributed by atoms with Crippen LogP contribution in [0.15, 0.2) is 30.5 Å². The van der Waals surface area contributed by atoms with Crippen molar-refractivity contribution in [3.8, 4) is 0 Å². The monoisotopic (exact) mass is 272 g/mol.